The lowest BCUT2D eigenvalue weighted by Crippen LogP contribution is -2.47. The monoisotopic (exact) mass is 293 g/mol. The third-order valence-corrected chi connectivity index (χ3v) is 3.28. The number of carbonyl (C=O) groups excluding carboxylic acids is 1. The van der Waals surface area contributed by atoms with E-state index in [-0.39, 0.29) is 12.5 Å². The number of amides is 1. The second-order valence-electron chi connectivity index (χ2n) is 4.90. The Balaban J connectivity index is 1.89. The molecule has 1 heterocycles. The van der Waals surface area contributed by atoms with Gasteiger partial charge in [-0.3, -0.25) is 4.79 Å². The molecule has 0 spiro atoms. The van der Waals surface area contributed by atoms with Gasteiger partial charge in [-0.25, -0.2) is 4.79 Å². The maximum atomic E-state index is 11.9. The number of carboxylic acids is 1. The molecule has 2 rings (SSSR count). The molecule has 7 heteroatoms. The van der Waals surface area contributed by atoms with Crippen LogP contribution in [0.5, 0.6) is 5.75 Å². The molecule has 0 aliphatic carbocycles. The molecule has 0 unspecified atom stereocenters. The summed E-state index contributed by atoms with van der Waals surface area (Å²) >= 11 is 0. The number of ether oxygens (including phenoxy) is 1. The highest BCUT2D eigenvalue weighted by molar-refractivity contribution is 5.73. The smallest absolute Gasteiger partial charge is 0.415 e. The Labute approximate surface area is 122 Å². The predicted octanol–water partition coefficient (Wildman–Crippen LogP) is 0.0450. The summed E-state index contributed by atoms with van der Waals surface area (Å²) in [6.45, 7) is 2.79. The fourth-order valence-corrected chi connectivity index (χ4v) is 2.05. The highest BCUT2D eigenvalue weighted by Gasteiger charge is 2.18. The van der Waals surface area contributed by atoms with Crippen LogP contribution in [0.25, 0.3) is 0 Å². The van der Waals surface area contributed by atoms with Gasteiger partial charge in [-0.1, -0.05) is 12.1 Å². The van der Waals surface area contributed by atoms with E-state index in [9.17, 15) is 9.59 Å². The number of carboxylic acid groups (broad SMARTS) is 1. The maximum Gasteiger partial charge on any atom is 0.415 e. The van der Waals surface area contributed by atoms with E-state index < -0.39 is 12.0 Å². The molecular formula is C14H19N3O4. The molecule has 114 valence electrons. The van der Waals surface area contributed by atoms with Crippen molar-refractivity contribution in [3.05, 3.63) is 29.8 Å². The Morgan fingerprint density at radius 3 is 2.48 bits per heavy atom. The van der Waals surface area contributed by atoms with Crippen molar-refractivity contribution in [2.75, 3.05) is 26.2 Å². The summed E-state index contributed by atoms with van der Waals surface area (Å²) in [6.07, 6.45) is -0.132. The highest BCUT2D eigenvalue weighted by atomic mass is 16.6. The highest BCUT2D eigenvalue weighted by Crippen LogP contribution is 2.14. The lowest BCUT2D eigenvalue weighted by atomic mass is 10.1. The number of rotatable bonds is 4. The average Bonchev–Trinajstić information content (AvgIpc) is 2.50. The number of nitrogens with two attached hydrogens (primary N) is 1. The van der Waals surface area contributed by atoms with Gasteiger partial charge in [-0.05, 0) is 24.1 Å². The van der Waals surface area contributed by atoms with Crippen LogP contribution in [0.4, 0.5) is 4.79 Å². The third-order valence-electron chi connectivity index (χ3n) is 3.28. The molecule has 0 saturated carbocycles. The molecule has 1 aliphatic rings. The van der Waals surface area contributed by atoms with Gasteiger partial charge in [0.15, 0.2) is 0 Å². The van der Waals surface area contributed by atoms with Crippen molar-refractivity contribution in [1.29, 1.82) is 0 Å². The van der Waals surface area contributed by atoms with Crippen LogP contribution in [-0.2, 0) is 11.2 Å². The van der Waals surface area contributed by atoms with Crippen molar-refractivity contribution in [1.82, 2.24) is 10.2 Å². The molecule has 1 saturated heterocycles. The zero-order valence-electron chi connectivity index (χ0n) is 11.6. The Hall–Kier alpha value is -2.12. The number of aliphatic carboxylic acids is 1. The molecule has 0 aromatic heterocycles. The largest absolute Gasteiger partial charge is 0.480 e. The molecule has 0 bridgehead atoms. The molecule has 1 amide bonds. The fraction of sp³-hybridized carbons (Fsp3) is 0.429. The molecule has 1 aromatic carbocycles. The van der Waals surface area contributed by atoms with Crippen LogP contribution in [0.1, 0.15) is 5.56 Å². The molecular weight excluding hydrogens is 274 g/mol. The minimum absolute atomic E-state index is 0.237. The van der Waals surface area contributed by atoms with Crippen LogP contribution in [-0.4, -0.2) is 54.3 Å². The standard InChI is InChI=1S/C14H19N3O4/c15-12(13(18)19)9-10-1-3-11(4-2-10)21-14(20)17-7-5-16-6-8-17/h1-4,12,16H,5-9,15H2,(H,18,19)/t12-/m0/s1. The second-order valence-corrected chi connectivity index (χ2v) is 4.90. The molecule has 0 radical (unpaired) electrons. The first-order chi connectivity index (χ1) is 10.1. The van der Waals surface area contributed by atoms with Gasteiger partial charge >= 0.3 is 12.1 Å². The lowest BCUT2D eigenvalue weighted by molar-refractivity contribution is -0.138. The van der Waals surface area contributed by atoms with Crippen LogP contribution < -0.4 is 15.8 Å². The number of hydrogen-bond donors (Lipinski definition) is 3. The van der Waals surface area contributed by atoms with Gasteiger partial charge in [0.2, 0.25) is 0 Å². The van der Waals surface area contributed by atoms with Crippen molar-refractivity contribution in [2.24, 2.45) is 5.73 Å². The molecule has 7 nitrogen and oxygen atoms in total. The summed E-state index contributed by atoms with van der Waals surface area (Å²) in [5.74, 6) is -0.601. The summed E-state index contributed by atoms with van der Waals surface area (Å²) in [6, 6.07) is 5.78. The van der Waals surface area contributed by atoms with Gasteiger partial charge in [-0.2, -0.15) is 0 Å². The quantitative estimate of drug-likeness (QED) is 0.724. The van der Waals surface area contributed by atoms with Crippen LogP contribution in [0.15, 0.2) is 24.3 Å². The number of carbonyl (C=O) groups is 2. The lowest BCUT2D eigenvalue weighted by Gasteiger charge is -2.26. The van der Waals surface area contributed by atoms with Crippen LogP contribution in [0.2, 0.25) is 0 Å². The molecule has 4 N–H and O–H groups in total. The Kier molecular flexibility index (Phi) is 5.13. The summed E-state index contributed by atoms with van der Waals surface area (Å²) in [4.78, 5) is 24.2. The summed E-state index contributed by atoms with van der Waals surface area (Å²) in [7, 11) is 0. The minimum atomic E-state index is -1.04. The number of nitrogens with one attached hydrogen (secondary N) is 1. The van der Waals surface area contributed by atoms with E-state index in [1.165, 1.54) is 0 Å². The molecule has 1 aromatic rings. The Bertz CT molecular complexity index is 497. The van der Waals surface area contributed by atoms with Crippen molar-refractivity contribution in [2.45, 2.75) is 12.5 Å². The minimum Gasteiger partial charge on any atom is -0.480 e. The molecule has 1 fully saturated rings. The van der Waals surface area contributed by atoms with E-state index >= 15 is 0 Å². The normalized spacial score (nSPS) is 16.3. The van der Waals surface area contributed by atoms with E-state index in [1.807, 2.05) is 0 Å². The number of benzene rings is 1. The first kappa shape index (κ1) is 15.3. The fourth-order valence-electron chi connectivity index (χ4n) is 2.05. The summed E-state index contributed by atoms with van der Waals surface area (Å²) in [5, 5.41) is 11.9. The van der Waals surface area contributed by atoms with E-state index in [4.69, 9.17) is 15.6 Å². The van der Waals surface area contributed by atoms with Crippen molar-refractivity contribution in [3.8, 4) is 5.75 Å². The van der Waals surface area contributed by atoms with Crippen LogP contribution in [0.3, 0.4) is 0 Å². The number of nitrogens with zero attached hydrogens (tertiary/aromatic N) is 1. The third kappa shape index (κ3) is 4.44. The van der Waals surface area contributed by atoms with Gasteiger partial charge in [0.05, 0.1) is 0 Å². The van der Waals surface area contributed by atoms with Crippen LogP contribution >= 0.6 is 0 Å². The molecule has 21 heavy (non-hydrogen) atoms. The maximum absolute atomic E-state index is 11.9. The van der Waals surface area contributed by atoms with E-state index in [1.54, 1.807) is 29.2 Å². The van der Waals surface area contributed by atoms with Crippen molar-refractivity contribution >= 4 is 12.1 Å². The van der Waals surface area contributed by atoms with Crippen LogP contribution in [0, 0.1) is 0 Å². The second kappa shape index (κ2) is 7.05. The topological polar surface area (TPSA) is 105 Å². The first-order valence-electron chi connectivity index (χ1n) is 6.81. The first-order valence-corrected chi connectivity index (χ1v) is 6.81. The van der Waals surface area contributed by atoms with E-state index in [2.05, 4.69) is 5.32 Å². The van der Waals surface area contributed by atoms with Gasteiger partial charge in [0.25, 0.3) is 0 Å². The summed E-state index contributed by atoms with van der Waals surface area (Å²) < 4.78 is 5.27. The Morgan fingerprint density at radius 2 is 1.90 bits per heavy atom. The zero-order chi connectivity index (χ0) is 15.2. The van der Waals surface area contributed by atoms with E-state index in [0.717, 1.165) is 18.7 Å². The predicted molar refractivity (Wildman–Crippen MR) is 76.2 cm³/mol. The number of hydrogen-bond acceptors (Lipinski definition) is 5. The van der Waals surface area contributed by atoms with Crippen molar-refractivity contribution in [3.63, 3.8) is 0 Å². The SMILES string of the molecule is N[C@@H](Cc1ccc(OC(=O)N2CCNCC2)cc1)C(=O)O. The molecule has 1 aliphatic heterocycles. The molecule has 1 atom stereocenters. The van der Waals surface area contributed by atoms with Gasteiger partial charge < -0.3 is 25.8 Å². The summed E-state index contributed by atoms with van der Waals surface area (Å²) in [5.41, 5.74) is 6.25. The Morgan fingerprint density at radius 1 is 1.29 bits per heavy atom. The van der Waals surface area contributed by atoms with Gasteiger partial charge in [-0.15, -0.1) is 0 Å². The average molecular weight is 293 g/mol. The van der Waals surface area contributed by atoms with Gasteiger partial charge in [0, 0.05) is 26.2 Å². The van der Waals surface area contributed by atoms with E-state index in [0.29, 0.717) is 18.8 Å². The van der Waals surface area contributed by atoms with Gasteiger partial charge in [0.1, 0.15) is 11.8 Å². The number of piperazine rings is 1. The zero-order valence-corrected chi connectivity index (χ0v) is 11.6. The van der Waals surface area contributed by atoms with Crippen molar-refractivity contribution < 1.29 is 19.4 Å².